The maximum absolute atomic E-state index is 13.0. The highest BCUT2D eigenvalue weighted by Crippen LogP contribution is 2.32. The number of hydrogen-bond donors (Lipinski definition) is 0. The Kier molecular flexibility index (Phi) is 4.94. The van der Waals surface area contributed by atoms with Crippen LogP contribution in [0.1, 0.15) is 32.8 Å². The Bertz CT molecular complexity index is 588. The van der Waals surface area contributed by atoms with Crippen molar-refractivity contribution >= 4 is 10.0 Å². The summed E-state index contributed by atoms with van der Waals surface area (Å²) < 4.78 is 32.8. The molecule has 1 saturated heterocycles. The van der Waals surface area contributed by atoms with E-state index >= 15 is 0 Å². The predicted octanol–water partition coefficient (Wildman–Crippen LogP) is 2.92. The Labute approximate surface area is 128 Å². The molecule has 0 amide bonds. The Morgan fingerprint density at radius 2 is 1.86 bits per heavy atom. The van der Waals surface area contributed by atoms with E-state index in [9.17, 15) is 8.42 Å². The molecule has 4 nitrogen and oxygen atoms in total. The van der Waals surface area contributed by atoms with E-state index in [1.807, 2.05) is 13.0 Å². The first-order chi connectivity index (χ1) is 9.88. The summed E-state index contributed by atoms with van der Waals surface area (Å²) in [6.45, 7) is 7.41. The van der Waals surface area contributed by atoms with Gasteiger partial charge in [0.1, 0.15) is 10.6 Å². The molecule has 21 heavy (non-hydrogen) atoms. The minimum atomic E-state index is -3.49. The van der Waals surface area contributed by atoms with Gasteiger partial charge in [0.2, 0.25) is 10.0 Å². The largest absolute Gasteiger partial charge is 0.495 e. The molecule has 1 fully saturated rings. The Balaban J connectivity index is 2.43. The van der Waals surface area contributed by atoms with Crippen LogP contribution >= 0.6 is 0 Å². The van der Waals surface area contributed by atoms with E-state index in [1.54, 1.807) is 16.4 Å². The van der Waals surface area contributed by atoms with Crippen LogP contribution in [0.25, 0.3) is 0 Å². The first-order valence-corrected chi connectivity index (χ1v) is 8.99. The van der Waals surface area contributed by atoms with Gasteiger partial charge in [-0.15, -0.1) is 0 Å². The molecule has 1 aromatic carbocycles. The lowest BCUT2D eigenvalue weighted by molar-refractivity contribution is 0.222. The third kappa shape index (κ3) is 3.40. The van der Waals surface area contributed by atoms with Gasteiger partial charge in [-0.25, -0.2) is 8.42 Å². The van der Waals surface area contributed by atoms with Crippen molar-refractivity contribution in [3.63, 3.8) is 0 Å². The summed E-state index contributed by atoms with van der Waals surface area (Å²) in [4.78, 5) is 0.297. The molecule has 0 N–H and O–H groups in total. The smallest absolute Gasteiger partial charge is 0.246 e. The summed E-state index contributed by atoms with van der Waals surface area (Å²) in [6, 6.07) is 5.42. The van der Waals surface area contributed by atoms with Crippen LogP contribution in [0.15, 0.2) is 23.1 Å². The standard InChI is InChI=1S/C16H25NO3S/c1-5-14-6-7-15(20-4)16(9-14)21(18,19)17-10-12(2)8-13(3)11-17/h6-7,9,12-13H,5,8,10-11H2,1-4H3. The molecule has 2 unspecified atom stereocenters. The van der Waals surface area contributed by atoms with Crippen molar-refractivity contribution in [3.05, 3.63) is 23.8 Å². The van der Waals surface area contributed by atoms with Crippen molar-refractivity contribution in [2.75, 3.05) is 20.2 Å². The highest BCUT2D eigenvalue weighted by Gasteiger charge is 2.33. The summed E-state index contributed by atoms with van der Waals surface area (Å²) in [5.41, 5.74) is 1.01. The van der Waals surface area contributed by atoms with E-state index in [2.05, 4.69) is 13.8 Å². The molecule has 2 atom stereocenters. The molecule has 1 aliphatic heterocycles. The van der Waals surface area contributed by atoms with Crippen LogP contribution in [-0.2, 0) is 16.4 Å². The normalized spacial score (nSPS) is 24.0. The molecular formula is C16H25NO3S. The highest BCUT2D eigenvalue weighted by molar-refractivity contribution is 7.89. The van der Waals surface area contributed by atoms with Gasteiger partial charge in [0.05, 0.1) is 7.11 Å². The van der Waals surface area contributed by atoms with Crippen molar-refractivity contribution in [2.45, 2.75) is 38.5 Å². The van der Waals surface area contributed by atoms with Gasteiger partial charge >= 0.3 is 0 Å². The number of hydrogen-bond acceptors (Lipinski definition) is 3. The second-order valence-corrected chi connectivity index (χ2v) is 8.01. The van der Waals surface area contributed by atoms with Gasteiger partial charge in [-0.2, -0.15) is 4.31 Å². The van der Waals surface area contributed by atoms with Gasteiger partial charge in [-0.3, -0.25) is 0 Å². The van der Waals surface area contributed by atoms with E-state index in [1.165, 1.54) is 7.11 Å². The summed E-state index contributed by atoms with van der Waals surface area (Å²) >= 11 is 0. The lowest BCUT2D eigenvalue weighted by atomic mass is 9.94. The van der Waals surface area contributed by atoms with Crippen molar-refractivity contribution in [1.29, 1.82) is 0 Å². The van der Waals surface area contributed by atoms with Gasteiger partial charge in [0.15, 0.2) is 0 Å². The predicted molar refractivity (Wildman–Crippen MR) is 84.1 cm³/mol. The van der Waals surface area contributed by atoms with Crippen LogP contribution in [-0.4, -0.2) is 32.9 Å². The summed E-state index contributed by atoms with van der Waals surface area (Å²) in [5, 5.41) is 0. The summed E-state index contributed by atoms with van der Waals surface area (Å²) in [7, 11) is -1.98. The van der Waals surface area contributed by atoms with Gasteiger partial charge in [0, 0.05) is 13.1 Å². The second kappa shape index (κ2) is 6.36. The fourth-order valence-corrected chi connectivity index (χ4v) is 4.97. The number of methoxy groups -OCH3 is 1. The molecule has 0 aliphatic carbocycles. The summed E-state index contributed by atoms with van der Waals surface area (Å²) in [5.74, 6) is 1.21. The first kappa shape index (κ1) is 16.3. The second-order valence-electron chi connectivity index (χ2n) is 6.11. The minimum absolute atomic E-state index is 0.297. The monoisotopic (exact) mass is 311 g/mol. The maximum atomic E-state index is 13.0. The number of piperidine rings is 1. The van der Waals surface area contributed by atoms with Gasteiger partial charge in [0.25, 0.3) is 0 Å². The topological polar surface area (TPSA) is 46.6 Å². The van der Waals surface area contributed by atoms with Crippen molar-refractivity contribution in [1.82, 2.24) is 4.31 Å². The van der Waals surface area contributed by atoms with E-state index in [-0.39, 0.29) is 0 Å². The molecule has 1 aromatic rings. The zero-order valence-electron chi connectivity index (χ0n) is 13.3. The molecule has 118 valence electrons. The SMILES string of the molecule is CCc1ccc(OC)c(S(=O)(=O)N2CC(C)CC(C)C2)c1. The van der Waals surface area contributed by atoms with Gasteiger partial charge < -0.3 is 4.74 Å². The van der Waals surface area contributed by atoms with E-state index in [4.69, 9.17) is 4.74 Å². The molecule has 5 heteroatoms. The Hall–Kier alpha value is -1.07. The average Bonchev–Trinajstić information content (AvgIpc) is 2.45. The fraction of sp³-hybridized carbons (Fsp3) is 0.625. The van der Waals surface area contributed by atoms with E-state index < -0.39 is 10.0 Å². The Morgan fingerprint density at radius 3 is 2.38 bits per heavy atom. The van der Waals surface area contributed by atoms with E-state index in [0.717, 1.165) is 18.4 Å². The van der Waals surface area contributed by atoms with Crippen molar-refractivity contribution in [2.24, 2.45) is 11.8 Å². The third-order valence-electron chi connectivity index (χ3n) is 4.09. The zero-order chi connectivity index (χ0) is 15.6. The first-order valence-electron chi connectivity index (χ1n) is 7.55. The van der Waals surface area contributed by atoms with Crippen LogP contribution in [0.2, 0.25) is 0 Å². The van der Waals surface area contributed by atoms with Crippen molar-refractivity contribution in [3.8, 4) is 5.75 Å². The summed E-state index contributed by atoms with van der Waals surface area (Å²) in [6.07, 6.45) is 1.89. The highest BCUT2D eigenvalue weighted by atomic mass is 32.2. The number of ether oxygens (including phenoxy) is 1. The molecule has 1 aliphatic rings. The minimum Gasteiger partial charge on any atom is -0.495 e. The number of aryl methyl sites for hydroxylation is 1. The van der Waals surface area contributed by atoms with Gasteiger partial charge in [-0.1, -0.05) is 26.8 Å². The molecular weight excluding hydrogens is 286 g/mol. The molecule has 1 heterocycles. The molecule has 0 bridgehead atoms. The van der Waals surface area contributed by atoms with Crippen LogP contribution in [0.4, 0.5) is 0 Å². The van der Waals surface area contributed by atoms with Crippen LogP contribution < -0.4 is 4.74 Å². The van der Waals surface area contributed by atoms with Crippen LogP contribution in [0.3, 0.4) is 0 Å². The third-order valence-corrected chi connectivity index (χ3v) is 5.94. The lowest BCUT2D eigenvalue weighted by Gasteiger charge is -2.34. The zero-order valence-corrected chi connectivity index (χ0v) is 14.1. The molecule has 0 radical (unpaired) electrons. The van der Waals surface area contributed by atoms with Crippen LogP contribution in [0, 0.1) is 11.8 Å². The number of benzene rings is 1. The number of nitrogens with zero attached hydrogens (tertiary/aromatic N) is 1. The maximum Gasteiger partial charge on any atom is 0.246 e. The van der Waals surface area contributed by atoms with E-state index in [0.29, 0.717) is 35.6 Å². The van der Waals surface area contributed by atoms with Crippen LogP contribution in [0.5, 0.6) is 5.75 Å². The fourth-order valence-electron chi connectivity index (χ4n) is 3.08. The number of sulfonamides is 1. The lowest BCUT2D eigenvalue weighted by Crippen LogP contribution is -2.42. The molecule has 0 spiro atoms. The Morgan fingerprint density at radius 1 is 1.24 bits per heavy atom. The van der Waals surface area contributed by atoms with Crippen molar-refractivity contribution < 1.29 is 13.2 Å². The molecule has 2 rings (SSSR count). The molecule has 0 aromatic heterocycles. The quantitative estimate of drug-likeness (QED) is 0.859. The number of rotatable bonds is 4. The molecule has 0 saturated carbocycles. The average molecular weight is 311 g/mol. The van der Waals surface area contributed by atoms with Gasteiger partial charge in [-0.05, 0) is 42.4 Å².